The van der Waals surface area contributed by atoms with Crippen LogP contribution in [0.25, 0.3) is 0 Å². The molecule has 0 spiro atoms. The van der Waals surface area contributed by atoms with Crippen molar-refractivity contribution in [1.82, 2.24) is 14.8 Å². The van der Waals surface area contributed by atoms with Gasteiger partial charge in [0, 0.05) is 6.54 Å². The van der Waals surface area contributed by atoms with E-state index in [1.165, 1.54) is 25.7 Å². The van der Waals surface area contributed by atoms with E-state index in [0.29, 0.717) is 0 Å². The summed E-state index contributed by atoms with van der Waals surface area (Å²) in [5.74, 6) is 2.80. The highest BCUT2D eigenvalue weighted by Crippen LogP contribution is 2.33. The lowest BCUT2D eigenvalue weighted by atomic mass is 9.81. The molecule has 1 aromatic rings. The van der Waals surface area contributed by atoms with Gasteiger partial charge in [0.05, 0.1) is 0 Å². The normalized spacial score (nSPS) is 12.1. The SMILES string of the molecule is CCCC(CS)(CCC)Cn1nc(C)nc1C. The molecule has 17 heavy (non-hydrogen) atoms. The predicted molar refractivity (Wildman–Crippen MR) is 75.6 cm³/mol. The Balaban J connectivity index is 2.87. The summed E-state index contributed by atoms with van der Waals surface area (Å²) in [5, 5.41) is 4.48. The average Bonchev–Trinajstić information content (AvgIpc) is 2.58. The summed E-state index contributed by atoms with van der Waals surface area (Å²) in [6.07, 6.45) is 4.83. The highest BCUT2D eigenvalue weighted by Gasteiger charge is 2.28. The zero-order valence-electron chi connectivity index (χ0n) is 11.5. The molecule has 4 heteroatoms. The maximum Gasteiger partial charge on any atom is 0.147 e. The van der Waals surface area contributed by atoms with Crippen LogP contribution in [0.1, 0.15) is 51.2 Å². The topological polar surface area (TPSA) is 30.7 Å². The monoisotopic (exact) mass is 255 g/mol. The van der Waals surface area contributed by atoms with Gasteiger partial charge in [0.1, 0.15) is 11.6 Å². The number of nitrogens with zero attached hydrogens (tertiary/aromatic N) is 3. The lowest BCUT2D eigenvalue weighted by Gasteiger charge is -2.32. The lowest BCUT2D eigenvalue weighted by Crippen LogP contribution is -2.30. The number of hydrogen-bond acceptors (Lipinski definition) is 3. The third-order valence-corrected chi connectivity index (χ3v) is 4.01. The maximum atomic E-state index is 4.58. The molecule has 1 heterocycles. The van der Waals surface area contributed by atoms with Gasteiger partial charge in [0.15, 0.2) is 0 Å². The van der Waals surface area contributed by atoms with Crippen LogP contribution in [0.15, 0.2) is 0 Å². The van der Waals surface area contributed by atoms with E-state index in [4.69, 9.17) is 0 Å². The largest absolute Gasteiger partial charge is 0.250 e. The summed E-state index contributed by atoms with van der Waals surface area (Å²) < 4.78 is 2.05. The molecule has 0 aliphatic carbocycles. The fourth-order valence-corrected chi connectivity index (χ4v) is 3.00. The molecule has 1 rings (SSSR count). The number of aromatic nitrogens is 3. The molecule has 0 unspecified atom stereocenters. The van der Waals surface area contributed by atoms with Gasteiger partial charge in [-0.1, -0.05) is 26.7 Å². The van der Waals surface area contributed by atoms with Gasteiger partial charge >= 0.3 is 0 Å². The molecule has 98 valence electrons. The second-order valence-corrected chi connectivity index (χ2v) is 5.34. The van der Waals surface area contributed by atoms with Crippen molar-refractivity contribution in [2.75, 3.05) is 5.75 Å². The minimum Gasteiger partial charge on any atom is -0.250 e. The van der Waals surface area contributed by atoms with Crippen LogP contribution in [0.5, 0.6) is 0 Å². The van der Waals surface area contributed by atoms with Crippen molar-refractivity contribution in [2.24, 2.45) is 5.41 Å². The van der Waals surface area contributed by atoms with E-state index in [9.17, 15) is 0 Å². The second-order valence-electron chi connectivity index (χ2n) is 5.02. The van der Waals surface area contributed by atoms with Gasteiger partial charge in [-0.2, -0.15) is 17.7 Å². The number of rotatable bonds is 7. The minimum absolute atomic E-state index is 0.275. The Hall–Kier alpha value is -0.510. The molecule has 0 saturated heterocycles. The summed E-state index contributed by atoms with van der Waals surface area (Å²) >= 11 is 4.58. The first-order valence-electron chi connectivity index (χ1n) is 6.56. The molecule has 0 aliphatic rings. The van der Waals surface area contributed by atoms with E-state index in [2.05, 4.69) is 41.2 Å². The molecule has 0 radical (unpaired) electrons. The Morgan fingerprint density at radius 1 is 1.18 bits per heavy atom. The molecule has 0 saturated carbocycles. The molecular weight excluding hydrogens is 230 g/mol. The molecule has 0 aromatic carbocycles. The molecule has 1 aromatic heterocycles. The van der Waals surface area contributed by atoms with Crippen molar-refractivity contribution in [3.05, 3.63) is 11.6 Å². The number of hydrogen-bond donors (Lipinski definition) is 1. The maximum absolute atomic E-state index is 4.58. The van der Waals surface area contributed by atoms with Crippen LogP contribution in [0, 0.1) is 19.3 Å². The summed E-state index contributed by atoms with van der Waals surface area (Å²) in [7, 11) is 0. The molecule has 0 fully saturated rings. The van der Waals surface area contributed by atoms with E-state index in [0.717, 1.165) is 23.9 Å². The van der Waals surface area contributed by atoms with Crippen molar-refractivity contribution in [3.8, 4) is 0 Å². The average molecular weight is 255 g/mol. The van der Waals surface area contributed by atoms with Crippen LogP contribution in [0.4, 0.5) is 0 Å². The third kappa shape index (κ3) is 3.73. The van der Waals surface area contributed by atoms with Crippen LogP contribution < -0.4 is 0 Å². The van der Waals surface area contributed by atoms with Gasteiger partial charge in [0.2, 0.25) is 0 Å². The highest BCUT2D eigenvalue weighted by molar-refractivity contribution is 7.80. The minimum atomic E-state index is 0.275. The summed E-state index contributed by atoms with van der Waals surface area (Å²) in [6.45, 7) is 9.41. The van der Waals surface area contributed by atoms with Crippen molar-refractivity contribution < 1.29 is 0 Å². The zero-order valence-corrected chi connectivity index (χ0v) is 12.4. The van der Waals surface area contributed by atoms with Crippen LogP contribution in [0.3, 0.4) is 0 Å². The zero-order chi connectivity index (χ0) is 12.9. The summed E-state index contributed by atoms with van der Waals surface area (Å²) in [6, 6.07) is 0. The molecule has 3 nitrogen and oxygen atoms in total. The quantitative estimate of drug-likeness (QED) is 0.757. The molecular formula is C13H25N3S. The fraction of sp³-hybridized carbons (Fsp3) is 0.846. The Labute approximate surface area is 110 Å². The van der Waals surface area contributed by atoms with Gasteiger partial charge in [-0.3, -0.25) is 0 Å². The van der Waals surface area contributed by atoms with Gasteiger partial charge in [-0.05, 0) is 37.9 Å². The van der Waals surface area contributed by atoms with Gasteiger partial charge in [0.25, 0.3) is 0 Å². The Bertz CT molecular complexity index is 340. The van der Waals surface area contributed by atoms with E-state index < -0.39 is 0 Å². The van der Waals surface area contributed by atoms with Gasteiger partial charge in [-0.15, -0.1) is 0 Å². The molecule has 0 bridgehead atoms. The van der Waals surface area contributed by atoms with E-state index in [1.807, 2.05) is 13.8 Å². The molecule has 0 N–H and O–H groups in total. The third-order valence-electron chi connectivity index (χ3n) is 3.34. The smallest absolute Gasteiger partial charge is 0.147 e. The standard InChI is InChI=1S/C13H25N3S/c1-5-7-13(10-17,8-6-2)9-16-12(4)14-11(3)15-16/h17H,5-10H2,1-4H3. The Morgan fingerprint density at radius 2 is 1.76 bits per heavy atom. The Kier molecular flexibility index (Phi) is 5.50. The second kappa shape index (κ2) is 6.43. The summed E-state index contributed by atoms with van der Waals surface area (Å²) in [4.78, 5) is 4.38. The van der Waals surface area contributed by atoms with E-state index >= 15 is 0 Å². The lowest BCUT2D eigenvalue weighted by molar-refractivity contribution is 0.219. The van der Waals surface area contributed by atoms with Crippen LogP contribution >= 0.6 is 12.6 Å². The molecule has 0 atom stereocenters. The Morgan fingerprint density at radius 3 is 2.12 bits per heavy atom. The van der Waals surface area contributed by atoms with Crippen LogP contribution in [0.2, 0.25) is 0 Å². The van der Waals surface area contributed by atoms with Crippen molar-refractivity contribution in [3.63, 3.8) is 0 Å². The van der Waals surface area contributed by atoms with Crippen molar-refractivity contribution >= 4 is 12.6 Å². The number of aryl methyl sites for hydroxylation is 2. The van der Waals surface area contributed by atoms with Crippen molar-refractivity contribution in [1.29, 1.82) is 0 Å². The van der Waals surface area contributed by atoms with Gasteiger partial charge < -0.3 is 0 Å². The first kappa shape index (κ1) is 14.6. The van der Waals surface area contributed by atoms with Gasteiger partial charge in [-0.25, -0.2) is 9.67 Å². The first-order valence-corrected chi connectivity index (χ1v) is 7.19. The highest BCUT2D eigenvalue weighted by atomic mass is 32.1. The number of thiol groups is 1. The molecule has 0 aliphatic heterocycles. The van der Waals surface area contributed by atoms with E-state index in [1.54, 1.807) is 0 Å². The first-order chi connectivity index (χ1) is 8.06. The fourth-order valence-electron chi connectivity index (χ4n) is 2.58. The van der Waals surface area contributed by atoms with Crippen LogP contribution in [-0.4, -0.2) is 20.5 Å². The summed E-state index contributed by atoms with van der Waals surface area (Å²) in [5.41, 5.74) is 0.275. The van der Waals surface area contributed by atoms with Crippen molar-refractivity contribution in [2.45, 2.75) is 59.9 Å². The van der Waals surface area contributed by atoms with Crippen LogP contribution in [-0.2, 0) is 6.54 Å². The molecule has 0 amide bonds. The van der Waals surface area contributed by atoms with E-state index in [-0.39, 0.29) is 5.41 Å². The predicted octanol–water partition coefficient (Wildman–Crippen LogP) is 3.41.